The van der Waals surface area contributed by atoms with E-state index in [2.05, 4.69) is 4.74 Å². The van der Waals surface area contributed by atoms with E-state index < -0.39 is 6.04 Å². The minimum atomic E-state index is -0.405. The van der Waals surface area contributed by atoms with Gasteiger partial charge in [-0.25, -0.2) is 4.79 Å². The smallest absolute Gasteiger partial charge is 0.365 e. The minimum absolute atomic E-state index is 0.110. The molecule has 0 radical (unpaired) electrons. The number of quaternary nitrogens is 1. The van der Waals surface area contributed by atoms with Crippen LogP contribution in [-0.2, 0) is 19.1 Å². The molecule has 1 N–H and O–H groups in total. The van der Waals surface area contributed by atoms with Crippen molar-refractivity contribution in [3.05, 3.63) is 0 Å². The number of hydrogen-bond donors (Lipinski definition) is 1. The molecule has 1 fully saturated rings. The van der Waals surface area contributed by atoms with E-state index in [9.17, 15) is 9.59 Å². The van der Waals surface area contributed by atoms with Crippen LogP contribution in [0.15, 0.2) is 0 Å². The zero-order chi connectivity index (χ0) is 12.0. The normalized spacial score (nSPS) is 18.9. The molecule has 5 heteroatoms. The lowest BCUT2D eigenvalue weighted by Crippen LogP contribution is -3.17. The number of carbonyl (C=O) groups excluding carboxylic acids is 2. The van der Waals surface area contributed by atoms with Crippen LogP contribution in [-0.4, -0.2) is 45.3 Å². The van der Waals surface area contributed by atoms with E-state index >= 15 is 0 Å². The lowest BCUT2D eigenvalue weighted by atomic mass is 10.1. The van der Waals surface area contributed by atoms with Gasteiger partial charge in [0, 0.05) is 0 Å². The van der Waals surface area contributed by atoms with Crippen molar-refractivity contribution in [1.82, 2.24) is 0 Å². The van der Waals surface area contributed by atoms with Crippen molar-refractivity contribution in [2.75, 3.05) is 27.3 Å². The fraction of sp³-hybridized carbons (Fsp3) is 0.818. The molecule has 0 bridgehead atoms. The van der Waals surface area contributed by atoms with Crippen LogP contribution >= 0.6 is 0 Å². The highest BCUT2D eigenvalue weighted by molar-refractivity contribution is 5.81. The fourth-order valence-electron chi connectivity index (χ4n) is 2.14. The van der Waals surface area contributed by atoms with E-state index in [0.29, 0.717) is 0 Å². The van der Waals surface area contributed by atoms with Gasteiger partial charge in [-0.05, 0) is 19.3 Å². The molecule has 1 atom stereocenters. The highest BCUT2D eigenvalue weighted by Gasteiger charge is 2.34. The van der Waals surface area contributed by atoms with E-state index in [1.165, 1.54) is 20.6 Å². The van der Waals surface area contributed by atoms with Gasteiger partial charge in [-0.1, -0.05) is 0 Å². The standard InChI is InChI=1S/C11H19NO4/c1-15-10(13)8-9(11(14)16-2)12-6-4-3-5-7-12/h9H,3-8H2,1-2H3/p+1/t9-/m0/s1. The molecule has 0 aromatic rings. The van der Waals surface area contributed by atoms with Crippen LogP contribution in [0.3, 0.4) is 0 Å². The molecule has 1 aliphatic rings. The van der Waals surface area contributed by atoms with Gasteiger partial charge in [-0.2, -0.15) is 0 Å². The topological polar surface area (TPSA) is 57.0 Å². The van der Waals surface area contributed by atoms with Gasteiger partial charge in [-0.3, -0.25) is 4.79 Å². The summed E-state index contributed by atoms with van der Waals surface area (Å²) in [6.07, 6.45) is 3.52. The molecule has 92 valence electrons. The first-order valence-corrected chi connectivity index (χ1v) is 5.68. The molecule has 5 nitrogen and oxygen atoms in total. The Labute approximate surface area is 95.7 Å². The summed E-state index contributed by atoms with van der Waals surface area (Å²) >= 11 is 0. The molecule has 0 unspecified atom stereocenters. The summed E-state index contributed by atoms with van der Waals surface area (Å²) in [4.78, 5) is 24.0. The van der Waals surface area contributed by atoms with Gasteiger partial charge in [0.05, 0.1) is 27.3 Å². The van der Waals surface area contributed by atoms with Gasteiger partial charge in [-0.15, -0.1) is 0 Å². The predicted octanol–water partition coefficient (Wildman–Crippen LogP) is -0.840. The van der Waals surface area contributed by atoms with Gasteiger partial charge in [0.1, 0.15) is 6.42 Å². The van der Waals surface area contributed by atoms with Crippen molar-refractivity contribution in [3.63, 3.8) is 0 Å². The first kappa shape index (κ1) is 13.0. The first-order valence-electron chi connectivity index (χ1n) is 5.68. The van der Waals surface area contributed by atoms with E-state index in [-0.39, 0.29) is 18.4 Å². The molecule has 1 aliphatic heterocycles. The molecule has 1 heterocycles. The Morgan fingerprint density at radius 1 is 1.12 bits per heavy atom. The van der Waals surface area contributed by atoms with Crippen molar-refractivity contribution < 1.29 is 24.0 Å². The quantitative estimate of drug-likeness (QED) is 0.640. The van der Waals surface area contributed by atoms with Crippen LogP contribution in [0.4, 0.5) is 0 Å². The number of methoxy groups -OCH3 is 2. The van der Waals surface area contributed by atoms with Gasteiger partial charge >= 0.3 is 11.9 Å². The van der Waals surface area contributed by atoms with Gasteiger partial charge in [0.2, 0.25) is 0 Å². The Morgan fingerprint density at radius 3 is 2.25 bits per heavy atom. The summed E-state index contributed by atoms with van der Waals surface area (Å²) in [7, 11) is 2.69. The van der Waals surface area contributed by atoms with Gasteiger partial charge in [0.15, 0.2) is 6.04 Å². The maximum atomic E-state index is 11.6. The Hall–Kier alpha value is -1.10. The molecule has 0 aromatic heterocycles. The number of piperidine rings is 1. The van der Waals surface area contributed by atoms with E-state index in [1.54, 1.807) is 0 Å². The van der Waals surface area contributed by atoms with E-state index in [0.717, 1.165) is 30.8 Å². The molecular weight excluding hydrogens is 210 g/mol. The van der Waals surface area contributed by atoms with E-state index in [4.69, 9.17) is 4.74 Å². The molecule has 0 aliphatic carbocycles. The minimum Gasteiger partial charge on any atom is -0.469 e. The highest BCUT2D eigenvalue weighted by atomic mass is 16.5. The lowest BCUT2D eigenvalue weighted by molar-refractivity contribution is -0.921. The summed E-state index contributed by atoms with van der Waals surface area (Å²) in [5.74, 6) is -0.671. The SMILES string of the molecule is COC(=O)C[C@@H](C(=O)OC)[NH+]1CCCCC1. The van der Waals surface area contributed by atoms with Crippen molar-refractivity contribution in [2.24, 2.45) is 0 Å². The predicted molar refractivity (Wildman–Crippen MR) is 57.0 cm³/mol. The molecule has 0 amide bonds. The summed E-state index contributed by atoms with van der Waals surface area (Å²) in [5.41, 5.74) is 0. The summed E-state index contributed by atoms with van der Waals surface area (Å²) in [6.45, 7) is 1.85. The molecule has 0 aromatic carbocycles. The molecule has 16 heavy (non-hydrogen) atoms. The fourth-order valence-corrected chi connectivity index (χ4v) is 2.14. The second-order valence-corrected chi connectivity index (χ2v) is 4.07. The van der Waals surface area contributed by atoms with E-state index in [1.807, 2.05) is 0 Å². The molecular formula is C11H20NO4+. The maximum Gasteiger partial charge on any atom is 0.365 e. The van der Waals surface area contributed by atoms with Crippen LogP contribution in [0.25, 0.3) is 0 Å². The van der Waals surface area contributed by atoms with Crippen molar-refractivity contribution >= 4 is 11.9 Å². The zero-order valence-corrected chi connectivity index (χ0v) is 9.95. The van der Waals surface area contributed by atoms with Gasteiger partial charge < -0.3 is 14.4 Å². The molecule has 0 saturated carbocycles. The van der Waals surface area contributed by atoms with Crippen LogP contribution in [0.5, 0.6) is 0 Å². The Balaban J connectivity index is 2.61. The monoisotopic (exact) mass is 230 g/mol. The Bertz CT molecular complexity index is 248. The van der Waals surface area contributed by atoms with Crippen molar-refractivity contribution in [1.29, 1.82) is 0 Å². The Morgan fingerprint density at radius 2 is 1.75 bits per heavy atom. The van der Waals surface area contributed by atoms with Crippen LogP contribution in [0.1, 0.15) is 25.7 Å². The largest absolute Gasteiger partial charge is 0.469 e. The van der Waals surface area contributed by atoms with Crippen LogP contribution < -0.4 is 4.90 Å². The lowest BCUT2D eigenvalue weighted by Gasteiger charge is -2.29. The first-order chi connectivity index (χ1) is 7.69. The number of hydrogen-bond acceptors (Lipinski definition) is 4. The molecule has 1 rings (SSSR count). The third-order valence-corrected chi connectivity index (χ3v) is 3.07. The Kier molecular flexibility index (Phi) is 5.25. The summed E-state index contributed by atoms with van der Waals surface area (Å²) < 4.78 is 9.35. The highest BCUT2D eigenvalue weighted by Crippen LogP contribution is 2.00. The number of carbonyl (C=O) groups is 2. The van der Waals surface area contributed by atoms with Crippen LogP contribution in [0.2, 0.25) is 0 Å². The van der Waals surface area contributed by atoms with Crippen LogP contribution in [0, 0.1) is 0 Å². The van der Waals surface area contributed by atoms with Crippen molar-refractivity contribution in [2.45, 2.75) is 31.7 Å². The second-order valence-electron chi connectivity index (χ2n) is 4.07. The average Bonchev–Trinajstić information content (AvgIpc) is 2.35. The average molecular weight is 230 g/mol. The third kappa shape index (κ3) is 3.48. The second kappa shape index (κ2) is 6.48. The number of nitrogens with one attached hydrogen (secondary N) is 1. The van der Waals surface area contributed by atoms with Gasteiger partial charge in [0.25, 0.3) is 0 Å². The van der Waals surface area contributed by atoms with Crippen molar-refractivity contribution in [3.8, 4) is 0 Å². The molecule has 0 spiro atoms. The number of esters is 2. The summed E-state index contributed by atoms with van der Waals surface area (Å²) in [6, 6.07) is -0.405. The summed E-state index contributed by atoms with van der Waals surface area (Å²) in [5, 5.41) is 0. The third-order valence-electron chi connectivity index (χ3n) is 3.07. The molecule has 1 saturated heterocycles. The number of likely N-dealkylation sites (tertiary alicyclic amines) is 1. The maximum absolute atomic E-state index is 11.6. The zero-order valence-electron chi connectivity index (χ0n) is 9.95. The number of rotatable bonds is 4. The number of ether oxygens (including phenoxy) is 2.